The van der Waals surface area contributed by atoms with E-state index in [4.69, 9.17) is 19.0 Å². The van der Waals surface area contributed by atoms with E-state index in [1.165, 1.54) is 7.11 Å². The van der Waals surface area contributed by atoms with Crippen LogP contribution in [0.1, 0.15) is 62.3 Å². The Morgan fingerprint density at radius 1 is 1.00 bits per heavy atom. The lowest BCUT2D eigenvalue weighted by atomic mass is 9.99. The zero-order chi connectivity index (χ0) is 36.7. The lowest BCUT2D eigenvalue weighted by Gasteiger charge is -2.24. The average Bonchev–Trinajstić information content (AvgIpc) is 3.59. The van der Waals surface area contributed by atoms with E-state index in [1.807, 2.05) is 73.9 Å². The predicted molar refractivity (Wildman–Crippen MR) is 198 cm³/mol. The van der Waals surface area contributed by atoms with Crippen LogP contribution in [0.2, 0.25) is 0 Å². The largest absolute Gasteiger partial charge is 0.493 e. The van der Waals surface area contributed by atoms with Crippen LogP contribution >= 0.6 is 0 Å². The van der Waals surface area contributed by atoms with E-state index in [9.17, 15) is 14.7 Å². The number of esters is 1. The van der Waals surface area contributed by atoms with Gasteiger partial charge < -0.3 is 28.8 Å². The quantitative estimate of drug-likeness (QED) is 0.0668. The standard InChI is InChI=1S/C39H49N5O7/c1-8-49-37(46)35-29(20-13-24-50-32-21-11-16-26-15-9-10-17-27(26)32)28-18-12-19-30(33-31(25-45)43(6)40-36(33)41-48-7)34(28)44(35)23-14-22-42(5)38(47)51-39(2,3)4/h9-12,15-19,21,45H,8,13-14,20,22-25H2,1-7H3,(H,40,41). The van der Waals surface area contributed by atoms with Gasteiger partial charge in [0, 0.05) is 43.5 Å². The van der Waals surface area contributed by atoms with Gasteiger partial charge in [0.25, 0.3) is 0 Å². The normalized spacial score (nSPS) is 11.6. The minimum Gasteiger partial charge on any atom is -0.493 e. The minimum absolute atomic E-state index is 0.206. The number of fused-ring (bicyclic) bond motifs is 2. The molecule has 12 heteroatoms. The number of aryl methyl sites for hydroxylation is 3. The van der Waals surface area contributed by atoms with Crippen molar-refractivity contribution in [3.8, 4) is 16.9 Å². The first kappa shape index (κ1) is 37.2. The van der Waals surface area contributed by atoms with Crippen LogP contribution in [-0.4, -0.2) is 75.9 Å². The number of aliphatic hydroxyl groups is 1. The molecule has 0 spiro atoms. The van der Waals surface area contributed by atoms with Crippen LogP contribution in [0.5, 0.6) is 5.75 Å². The summed E-state index contributed by atoms with van der Waals surface area (Å²) in [6.07, 6.45) is 1.27. The molecule has 0 saturated carbocycles. The maximum absolute atomic E-state index is 13.9. The summed E-state index contributed by atoms with van der Waals surface area (Å²) in [6, 6.07) is 20.0. The smallest absolute Gasteiger partial charge is 0.410 e. The fraction of sp³-hybridized carbons (Fsp3) is 0.410. The minimum atomic E-state index is -0.623. The van der Waals surface area contributed by atoms with E-state index in [1.54, 1.807) is 30.6 Å². The van der Waals surface area contributed by atoms with Gasteiger partial charge in [0.15, 0.2) is 5.82 Å². The number of carbonyl (C=O) groups is 2. The molecule has 1 amide bonds. The van der Waals surface area contributed by atoms with Crippen molar-refractivity contribution in [2.24, 2.45) is 7.05 Å². The summed E-state index contributed by atoms with van der Waals surface area (Å²) in [5.74, 6) is 0.800. The first-order valence-corrected chi connectivity index (χ1v) is 17.3. The van der Waals surface area contributed by atoms with E-state index >= 15 is 0 Å². The van der Waals surface area contributed by atoms with Gasteiger partial charge in [-0.05, 0) is 64.0 Å². The zero-order valence-electron chi connectivity index (χ0n) is 30.6. The number of para-hydroxylation sites is 1. The van der Waals surface area contributed by atoms with Gasteiger partial charge in [0.2, 0.25) is 0 Å². The van der Waals surface area contributed by atoms with Crippen molar-refractivity contribution >= 4 is 39.6 Å². The van der Waals surface area contributed by atoms with Gasteiger partial charge in [-0.25, -0.2) is 15.1 Å². The number of hydrogen-bond donors (Lipinski definition) is 2. The number of rotatable bonds is 15. The molecule has 0 unspecified atom stereocenters. The number of benzene rings is 3. The number of aromatic nitrogens is 3. The number of nitrogens with one attached hydrogen (secondary N) is 1. The van der Waals surface area contributed by atoms with Gasteiger partial charge in [-0.2, -0.15) is 5.10 Å². The molecule has 2 aromatic heterocycles. The van der Waals surface area contributed by atoms with Gasteiger partial charge in [0.1, 0.15) is 17.0 Å². The lowest BCUT2D eigenvalue weighted by molar-refractivity contribution is 0.0294. The fourth-order valence-corrected chi connectivity index (χ4v) is 6.43. The van der Waals surface area contributed by atoms with Crippen LogP contribution in [0.15, 0.2) is 60.7 Å². The van der Waals surface area contributed by atoms with Gasteiger partial charge in [-0.1, -0.05) is 54.6 Å². The molecule has 0 saturated heterocycles. The molecule has 0 atom stereocenters. The van der Waals surface area contributed by atoms with Gasteiger partial charge in [-0.3, -0.25) is 9.52 Å². The van der Waals surface area contributed by atoms with Crippen molar-refractivity contribution in [2.75, 3.05) is 39.4 Å². The highest BCUT2D eigenvalue weighted by Gasteiger charge is 2.28. The summed E-state index contributed by atoms with van der Waals surface area (Å²) in [5.41, 5.74) is 6.28. The third kappa shape index (κ3) is 8.29. The monoisotopic (exact) mass is 699 g/mol. The molecule has 0 fully saturated rings. The highest BCUT2D eigenvalue weighted by molar-refractivity contribution is 6.05. The zero-order valence-corrected chi connectivity index (χ0v) is 30.6. The maximum Gasteiger partial charge on any atom is 0.410 e. The second kappa shape index (κ2) is 16.3. The Bertz CT molecular complexity index is 1990. The molecule has 272 valence electrons. The molecule has 2 N–H and O–H groups in total. The molecule has 3 aromatic carbocycles. The summed E-state index contributed by atoms with van der Waals surface area (Å²) >= 11 is 0. The lowest BCUT2D eigenvalue weighted by Crippen LogP contribution is -2.35. The van der Waals surface area contributed by atoms with Crippen molar-refractivity contribution in [1.29, 1.82) is 0 Å². The molecule has 5 aromatic rings. The van der Waals surface area contributed by atoms with Crippen LogP contribution in [-0.2, 0) is 40.9 Å². The molecule has 51 heavy (non-hydrogen) atoms. The van der Waals surface area contributed by atoms with E-state index in [0.717, 1.165) is 38.6 Å². The molecule has 2 heterocycles. The number of amides is 1. The number of anilines is 1. The second-order valence-corrected chi connectivity index (χ2v) is 13.3. The van der Waals surface area contributed by atoms with E-state index in [-0.39, 0.29) is 13.2 Å². The van der Waals surface area contributed by atoms with Crippen LogP contribution in [0.4, 0.5) is 10.6 Å². The number of nitrogens with zero attached hydrogens (tertiary/aromatic N) is 4. The third-order valence-corrected chi connectivity index (χ3v) is 8.60. The Hall–Kier alpha value is -5.07. The molecule has 5 rings (SSSR count). The predicted octanol–water partition coefficient (Wildman–Crippen LogP) is 7.11. The van der Waals surface area contributed by atoms with Crippen molar-refractivity contribution < 1.29 is 33.7 Å². The van der Waals surface area contributed by atoms with Crippen molar-refractivity contribution in [3.63, 3.8) is 0 Å². The molecule has 0 aliphatic heterocycles. The van der Waals surface area contributed by atoms with Crippen LogP contribution in [0.3, 0.4) is 0 Å². The number of aliphatic hydroxyl groups excluding tert-OH is 1. The van der Waals surface area contributed by atoms with Gasteiger partial charge in [0.05, 0.1) is 43.7 Å². The average molecular weight is 700 g/mol. The third-order valence-electron chi connectivity index (χ3n) is 8.60. The Kier molecular flexibility index (Phi) is 11.9. The number of hydrogen-bond acceptors (Lipinski definition) is 9. The molecule has 12 nitrogen and oxygen atoms in total. The Balaban J connectivity index is 1.57. The molecule has 0 aliphatic rings. The SMILES string of the molecule is CCOC(=O)c1c(CCCOc2cccc3ccccc23)c2cccc(-c3c(NOC)nn(C)c3CO)c2n1CCCN(C)C(=O)OC(C)(C)C. The first-order valence-electron chi connectivity index (χ1n) is 17.3. The summed E-state index contributed by atoms with van der Waals surface area (Å²) in [4.78, 5) is 33.5. The van der Waals surface area contributed by atoms with Gasteiger partial charge in [-0.15, -0.1) is 0 Å². The highest BCUT2D eigenvalue weighted by Crippen LogP contribution is 2.40. The van der Waals surface area contributed by atoms with E-state index in [0.29, 0.717) is 61.7 Å². The van der Waals surface area contributed by atoms with Crippen molar-refractivity contribution in [2.45, 2.75) is 65.7 Å². The Labute approximate surface area is 298 Å². The molecule has 0 bridgehead atoms. The first-order chi connectivity index (χ1) is 24.5. The summed E-state index contributed by atoms with van der Waals surface area (Å²) in [5, 5.41) is 18.1. The second-order valence-electron chi connectivity index (χ2n) is 13.3. The summed E-state index contributed by atoms with van der Waals surface area (Å²) in [7, 11) is 4.96. The summed E-state index contributed by atoms with van der Waals surface area (Å²) in [6.45, 7) is 8.43. The van der Waals surface area contributed by atoms with Crippen LogP contribution < -0.4 is 10.2 Å². The molecular formula is C39H49N5O7. The van der Waals surface area contributed by atoms with Gasteiger partial charge >= 0.3 is 12.1 Å². The number of carbonyl (C=O) groups excluding carboxylic acids is 2. The maximum atomic E-state index is 13.9. The van der Waals surface area contributed by atoms with Crippen molar-refractivity contribution in [1.82, 2.24) is 19.2 Å². The van der Waals surface area contributed by atoms with E-state index < -0.39 is 17.7 Å². The molecule has 0 radical (unpaired) electrons. The topological polar surface area (TPSA) is 129 Å². The van der Waals surface area contributed by atoms with E-state index in [2.05, 4.69) is 22.7 Å². The fourth-order valence-electron chi connectivity index (χ4n) is 6.43. The Morgan fingerprint density at radius 2 is 1.73 bits per heavy atom. The van der Waals surface area contributed by atoms with Crippen LogP contribution in [0.25, 0.3) is 32.8 Å². The Morgan fingerprint density at radius 3 is 2.45 bits per heavy atom. The molecule has 0 aliphatic carbocycles. The highest BCUT2D eigenvalue weighted by atomic mass is 16.6. The van der Waals surface area contributed by atoms with Crippen LogP contribution in [0, 0.1) is 0 Å². The summed E-state index contributed by atoms with van der Waals surface area (Å²) < 4.78 is 21.1. The number of ether oxygens (including phenoxy) is 3. The van der Waals surface area contributed by atoms with Crippen molar-refractivity contribution in [3.05, 3.63) is 77.6 Å². The molecular weight excluding hydrogens is 650 g/mol.